The molecule has 0 spiro atoms. The third-order valence-corrected chi connectivity index (χ3v) is 4.66. The van der Waals surface area contributed by atoms with E-state index in [2.05, 4.69) is 5.32 Å². The van der Waals surface area contributed by atoms with Crippen LogP contribution in [0.5, 0.6) is 0 Å². The normalized spacial score (nSPS) is 18.0. The number of benzene rings is 1. The van der Waals surface area contributed by atoms with Gasteiger partial charge in [-0.3, -0.25) is 19.7 Å². The van der Waals surface area contributed by atoms with Crippen LogP contribution in [0.15, 0.2) is 30.3 Å². The molecule has 108 valence electrons. The molecule has 0 radical (unpaired) electrons. The van der Waals surface area contributed by atoms with Crippen molar-refractivity contribution >= 4 is 39.1 Å². The van der Waals surface area contributed by atoms with Crippen LogP contribution in [0.1, 0.15) is 23.0 Å². The molecule has 3 amide bonds. The van der Waals surface area contributed by atoms with E-state index in [0.717, 1.165) is 10.1 Å². The lowest BCUT2D eigenvalue weighted by molar-refractivity contribution is -0.126. The first-order chi connectivity index (χ1) is 10.1. The number of nitrogens with one attached hydrogen (secondary N) is 1. The SMILES string of the molecule is CCN(C(=O)c1cc2ccccc2s1)C1CC(=O)NC1=O. The van der Waals surface area contributed by atoms with Crippen molar-refractivity contribution in [3.05, 3.63) is 35.2 Å². The zero-order chi connectivity index (χ0) is 15.0. The number of imide groups is 1. The molecule has 1 aliphatic heterocycles. The van der Waals surface area contributed by atoms with Gasteiger partial charge in [0.2, 0.25) is 11.8 Å². The monoisotopic (exact) mass is 302 g/mol. The average Bonchev–Trinajstić information content (AvgIpc) is 3.03. The fourth-order valence-corrected chi connectivity index (χ4v) is 3.54. The number of thiophene rings is 1. The molecule has 1 unspecified atom stereocenters. The summed E-state index contributed by atoms with van der Waals surface area (Å²) >= 11 is 1.40. The average molecular weight is 302 g/mol. The van der Waals surface area contributed by atoms with Crippen molar-refractivity contribution in [3.8, 4) is 0 Å². The Morgan fingerprint density at radius 1 is 1.38 bits per heavy atom. The molecule has 1 atom stereocenters. The second-order valence-corrected chi connectivity index (χ2v) is 5.96. The third kappa shape index (κ3) is 2.42. The van der Waals surface area contributed by atoms with E-state index in [9.17, 15) is 14.4 Å². The van der Waals surface area contributed by atoms with E-state index in [-0.39, 0.29) is 18.2 Å². The van der Waals surface area contributed by atoms with E-state index >= 15 is 0 Å². The summed E-state index contributed by atoms with van der Waals surface area (Å²) in [6.07, 6.45) is 0.0449. The van der Waals surface area contributed by atoms with Crippen molar-refractivity contribution in [1.29, 1.82) is 0 Å². The van der Waals surface area contributed by atoms with Gasteiger partial charge in [-0.2, -0.15) is 0 Å². The van der Waals surface area contributed by atoms with E-state index in [1.54, 1.807) is 6.92 Å². The summed E-state index contributed by atoms with van der Waals surface area (Å²) in [6.45, 7) is 2.19. The Bertz CT molecular complexity index is 704. The molecule has 0 saturated carbocycles. The van der Waals surface area contributed by atoms with Gasteiger partial charge >= 0.3 is 0 Å². The van der Waals surface area contributed by atoms with Crippen LogP contribution in [0, 0.1) is 0 Å². The van der Waals surface area contributed by atoms with Crippen molar-refractivity contribution < 1.29 is 14.4 Å². The summed E-state index contributed by atoms with van der Waals surface area (Å²) in [6, 6.07) is 8.89. The number of likely N-dealkylation sites (N-methyl/N-ethyl adjacent to an activating group) is 1. The van der Waals surface area contributed by atoms with Crippen LogP contribution in [0.4, 0.5) is 0 Å². The molecule has 21 heavy (non-hydrogen) atoms. The lowest BCUT2D eigenvalue weighted by Crippen LogP contribution is -2.44. The highest BCUT2D eigenvalue weighted by Gasteiger charge is 2.37. The molecule has 1 N–H and O–H groups in total. The van der Waals surface area contributed by atoms with E-state index in [4.69, 9.17) is 0 Å². The topological polar surface area (TPSA) is 66.5 Å². The van der Waals surface area contributed by atoms with Crippen LogP contribution in [0.2, 0.25) is 0 Å². The Balaban J connectivity index is 1.91. The number of fused-ring (bicyclic) bond motifs is 1. The van der Waals surface area contributed by atoms with Gasteiger partial charge in [-0.25, -0.2) is 0 Å². The Hall–Kier alpha value is -2.21. The van der Waals surface area contributed by atoms with Gasteiger partial charge < -0.3 is 4.90 Å². The van der Waals surface area contributed by atoms with Gasteiger partial charge in [0, 0.05) is 11.2 Å². The number of hydrogen-bond donors (Lipinski definition) is 1. The molecule has 5 nitrogen and oxygen atoms in total. The molecule has 0 aliphatic carbocycles. The van der Waals surface area contributed by atoms with E-state index < -0.39 is 11.9 Å². The van der Waals surface area contributed by atoms with Crippen molar-refractivity contribution in [2.75, 3.05) is 6.54 Å². The van der Waals surface area contributed by atoms with Crippen LogP contribution >= 0.6 is 11.3 Å². The maximum absolute atomic E-state index is 12.6. The summed E-state index contributed by atoms with van der Waals surface area (Å²) in [5.74, 6) is -0.919. The highest BCUT2D eigenvalue weighted by Crippen LogP contribution is 2.27. The van der Waals surface area contributed by atoms with Crippen LogP contribution < -0.4 is 5.32 Å². The van der Waals surface area contributed by atoms with Gasteiger partial charge in [-0.1, -0.05) is 18.2 Å². The summed E-state index contributed by atoms with van der Waals surface area (Å²) in [4.78, 5) is 37.8. The summed E-state index contributed by atoms with van der Waals surface area (Å²) < 4.78 is 1.03. The second kappa shape index (κ2) is 5.29. The fraction of sp³-hybridized carbons (Fsp3) is 0.267. The Morgan fingerprint density at radius 2 is 2.14 bits per heavy atom. The van der Waals surface area contributed by atoms with E-state index in [0.29, 0.717) is 11.4 Å². The van der Waals surface area contributed by atoms with Gasteiger partial charge in [0.1, 0.15) is 6.04 Å². The third-order valence-electron chi connectivity index (χ3n) is 3.56. The zero-order valence-electron chi connectivity index (χ0n) is 11.5. The minimum absolute atomic E-state index is 0.0449. The van der Waals surface area contributed by atoms with Crippen molar-refractivity contribution in [1.82, 2.24) is 10.2 Å². The zero-order valence-corrected chi connectivity index (χ0v) is 12.3. The molecule has 1 saturated heterocycles. The number of nitrogens with zero attached hydrogens (tertiary/aromatic N) is 1. The first-order valence-corrected chi connectivity index (χ1v) is 7.55. The quantitative estimate of drug-likeness (QED) is 0.879. The van der Waals surface area contributed by atoms with Gasteiger partial charge in [-0.15, -0.1) is 11.3 Å². The predicted molar refractivity (Wildman–Crippen MR) is 80.1 cm³/mol. The lowest BCUT2D eigenvalue weighted by Gasteiger charge is -2.24. The number of carbonyl (C=O) groups is 3. The number of rotatable bonds is 3. The lowest BCUT2D eigenvalue weighted by atomic mass is 10.2. The molecule has 1 aliphatic rings. The molecule has 1 aromatic carbocycles. The van der Waals surface area contributed by atoms with Crippen molar-refractivity contribution in [2.45, 2.75) is 19.4 Å². The fourth-order valence-electron chi connectivity index (χ4n) is 2.53. The number of hydrogen-bond acceptors (Lipinski definition) is 4. The highest BCUT2D eigenvalue weighted by molar-refractivity contribution is 7.20. The summed E-state index contributed by atoms with van der Waals surface area (Å²) in [7, 11) is 0. The molecule has 2 aromatic rings. The molecular weight excluding hydrogens is 288 g/mol. The van der Waals surface area contributed by atoms with Gasteiger partial charge in [0.05, 0.1) is 11.3 Å². The minimum atomic E-state index is -0.694. The Kier molecular flexibility index (Phi) is 3.47. The van der Waals surface area contributed by atoms with E-state index in [1.807, 2.05) is 30.3 Å². The Morgan fingerprint density at radius 3 is 2.76 bits per heavy atom. The minimum Gasteiger partial charge on any atom is -0.326 e. The van der Waals surface area contributed by atoms with Crippen LogP contribution in [-0.4, -0.2) is 35.2 Å². The summed E-state index contributed by atoms with van der Waals surface area (Å²) in [5.41, 5.74) is 0. The molecule has 0 bridgehead atoms. The second-order valence-electron chi connectivity index (χ2n) is 4.87. The van der Waals surface area contributed by atoms with Crippen LogP contribution in [-0.2, 0) is 9.59 Å². The molecular formula is C15H14N2O3S. The Labute approximate surface area is 125 Å². The molecule has 3 rings (SSSR count). The van der Waals surface area contributed by atoms with Gasteiger partial charge in [0.15, 0.2) is 0 Å². The summed E-state index contributed by atoms with van der Waals surface area (Å²) in [5, 5.41) is 3.25. The van der Waals surface area contributed by atoms with Crippen molar-refractivity contribution in [2.24, 2.45) is 0 Å². The van der Waals surface area contributed by atoms with Crippen LogP contribution in [0.3, 0.4) is 0 Å². The smallest absolute Gasteiger partial charge is 0.264 e. The molecule has 1 aromatic heterocycles. The number of amides is 3. The molecule has 1 fully saturated rings. The van der Waals surface area contributed by atoms with Crippen LogP contribution in [0.25, 0.3) is 10.1 Å². The standard InChI is InChI=1S/C15H14N2O3S/c1-2-17(10-8-13(18)16-14(10)19)15(20)12-7-9-5-3-4-6-11(9)21-12/h3-7,10H,2,8H2,1H3,(H,16,18,19). The first kappa shape index (κ1) is 13.8. The largest absolute Gasteiger partial charge is 0.326 e. The maximum atomic E-state index is 12.6. The predicted octanol–water partition coefficient (Wildman–Crippen LogP) is 1.78. The van der Waals surface area contributed by atoms with Gasteiger partial charge in [0.25, 0.3) is 5.91 Å². The van der Waals surface area contributed by atoms with Crippen molar-refractivity contribution in [3.63, 3.8) is 0 Å². The van der Waals surface area contributed by atoms with Gasteiger partial charge in [-0.05, 0) is 24.4 Å². The molecule has 2 heterocycles. The maximum Gasteiger partial charge on any atom is 0.264 e. The first-order valence-electron chi connectivity index (χ1n) is 6.73. The highest BCUT2D eigenvalue weighted by atomic mass is 32.1. The van der Waals surface area contributed by atoms with E-state index in [1.165, 1.54) is 16.2 Å². The molecule has 6 heteroatoms. The number of carbonyl (C=O) groups excluding carboxylic acids is 3.